The van der Waals surface area contributed by atoms with Crippen LogP contribution in [0.3, 0.4) is 0 Å². The summed E-state index contributed by atoms with van der Waals surface area (Å²) in [6, 6.07) is 0. The highest BCUT2D eigenvalue weighted by molar-refractivity contribution is 7.61. The summed E-state index contributed by atoms with van der Waals surface area (Å²) < 4.78 is 61.4. The van der Waals surface area contributed by atoms with Crippen molar-refractivity contribution in [1.82, 2.24) is 24.8 Å². The number of carbonyl (C=O) groups excluding carboxylic acids is 1. The first-order valence-corrected chi connectivity index (χ1v) is 17.0. The second kappa shape index (κ2) is 14.2. The van der Waals surface area contributed by atoms with Gasteiger partial charge in [-0.3, -0.25) is 22.9 Å². The van der Waals surface area contributed by atoms with E-state index in [1.165, 1.54) is 13.8 Å². The van der Waals surface area contributed by atoms with Crippen LogP contribution in [0.1, 0.15) is 26.5 Å². The van der Waals surface area contributed by atoms with Crippen molar-refractivity contribution in [3.05, 3.63) is 12.7 Å². The summed E-state index contributed by atoms with van der Waals surface area (Å²) in [7, 11) is -16.2. The molecule has 25 heteroatoms. The molecule has 44 heavy (non-hydrogen) atoms. The van der Waals surface area contributed by atoms with Crippen LogP contribution in [0.25, 0.3) is 11.2 Å². The van der Waals surface area contributed by atoms with E-state index in [1.54, 1.807) is 0 Å². The third-order valence-corrected chi connectivity index (χ3v) is 9.16. The van der Waals surface area contributed by atoms with E-state index in [-0.39, 0.29) is 36.6 Å². The van der Waals surface area contributed by atoms with Gasteiger partial charge in [0.15, 0.2) is 17.7 Å². The lowest BCUT2D eigenvalue weighted by atomic mass is 9.87. The molecule has 1 saturated heterocycles. The first-order valence-electron chi connectivity index (χ1n) is 12.5. The molecule has 1 fully saturated rings. The summed E-state index contributed by atoms with van der Waals surface area (Å²) in [6.45, 7) is 0.467. The number of anilines is 1. The average molecular weight is 694 g/mol. The lowest BCUT2D eigenvalue weighted by Gasteiger charge is -2.30. The van der Waals surface area contributed by atoms with Crippen molar-refractivity contribution < 1.29 is 76.0 Å². The third-order valence-electron chi connectivity index (χ3n) is 6.06. The number of carbonyl (C=O) groups is 1. The molecular weight excluding hydrogens is 661 g/mol. The summed E-state index contributed by atoms with van der Waals surface area (Å²) in [5.74, 6) is -0.905. The van der Waals surface area contributed by atoms with Gasteiger partial charge in [-0.25, -0.2) is 28.6 Å². The molecule has 0 saturated carbocycles. The number of nitrogen functional groups attached to an aromatic ring is 1. The molecule has 3 rings (SSSR count). The number of phosphoric ester groups is 3. The zero-order chi connectivity index (χ0) is 33.1. The SMILES string of the molecule is CC(C)(COP(=O)(O)OP(=O)(O)OC[C@H]1O[C@@H](n2cnc3c(N)ncnc32)[C@H](O)[C@@H]1OP(=O)(O)O)[C@@H](O)C(=O)NCCCO. The Labute approximate surface area is 248 Å². The Morgan fingerprint density at radius 2 is 1.82 bits per heavy atom. The van der Waals surface area contributed by atoms with Crippen LogP contribution < -0.4 is 11.1 Å². The minimum atomic E-state index is -5.50. The monoisotopic (exact) mass is 694 g/mol. The number of ether oxygens (including phenoxy) is 1. The molecule has 1 aliphatic rings. The van der Waals surface area contributed by atoms with Gasteiger partial charge >= 0.3 is 23.5 Å². The zero-order valence-corrected chi connectivity index (χ0v) is 25.8. The van der Waals surface area contributed by atoms with E-state index >= 15 is 0 Å². The highest BCUT2D eigenvalue weighted by Crippen LogP contribution is 2.61. The van der Waals surface area contributed by atoms with Crippen molar-refractivity contribution in [1.29, 1.82) is 0 Å². The van der Waals surface area contributed by atoms with Crippen molar-refractivity contribution in [2.24, 2.45) is 5.41 Å². The predicted molar refractivity (Wildman–Crippen MR) is 144 cm³/mol. The molecule has 2 unspecified atom stereocenters. The number of fused-ring (bicyclic) bond motifs is 1. The minimum Gasteiger partial charge on any atom is -0.396 e. The summed E-state index contributed by atoms with van der Waals surface area (Å²) in [6.07, 6.45) is -6.29. The fourth-order valence-electron chi connectivity index (χ4n) is 3.84. The highest BCUT2D eigenvalue weighted by Gasteiger charge is 2.50. The number of hydrogen-bond acceptors (Lipinski definition) is 16. The van der Waals surface area contributed by atoms with Gasteiger partial charge in [-0.05, 0) is 6.42 Å². The number of aromatic nitrogens is 4. The smallest absolute Gasteiger partial charge is 0.396 e. The highest BCUT2D eigenvalue weighted by atomic mass is 31.3. The number of phosphoric acid groups is 3. The predicted octanol–water partition coefficient (Wildman–Crippen LogP) is -1.72. The first kappa shape index (κ1) is 36.5. The van der Waals surface area contributed by atoms with Crippen LogP contribution >= 0.6 is 23.5 Å². The van der Waals surface area contributed by atoms with E-state index in [2.05, 4.69) is 33.6 Å². The van der Waals surface area contributed by atoms with Gasteiger partial charge in [-0.1, -0.05) is 13.8 Å². The van der Waals surface area contributed by atoms with Crippen LogP contribution in [0, 0.1) is 5.41 Å². The molecule has 250 valence electrons. The molecule has 0 spiro atoms. The van der Waals surface area contributed by atoms with E-state index < -0.39 is 78.6 Å². The summed E-state index contributed by atoms with van der Waals surface area (Å²) in [5.41, 5.74) is 4.36. The fourth-order valence-corrected chi connectivity index (χ4v) is 6.67. The summed E-state index contributed by atoms with van der Waals surface area (Å²) in [5, 5.41) is 32.2. The lowest BCUT2D eigenvalue weighted by Crippen LogP contribution is -2.46. The fraction of sp³-hybridized carbons (Fsp3) is 0.684. The average Bonchev–Trinajstić information content (AvgIpc) is 3.46. The molecule has 1 aliphatic heterocycles. The quantitative estimate of drug-likeness (QED) is 0.0697. The third kappa shape index (κ3) is 9.52. The maximum atomic E-state index is 12.5. The molecule has 1 amide bonds. The van der Waals surface area contributed by atoms with Crippen LogP contribution in [0.5, 0.6) is 0 Å². The topological polar surface area (TPSA) is 338 Å². The second-order valence-corrected chi connectivity index (χ2v) is 14.3. The van der Waals surface area contributed by atoms with E-state index in [1.807, 2.05) is 0 Å². The molecule has 0 bridgehead atoms. The summed E-state index contributed by atoms with van der Waals surface area (Å²) in [4.78, 5) is 62.5. The minimum absolute atomic E-state index is 0.0302. The Morgan fingerprint density at radius 3 is 2.45 bits per heavy atom. The molecular formula is C19H33N6O16P3. The van der Waals surface area contributed by atoms with Gasteiger partial charge in [0.25, 0.3) is 0 Å². The maximum absolute atomic E-state index is 12.5. The number of imidazole rings is 1. The Balaban J connectivity index is 1.67. The summed E-state index contributed by atoms with van der Waals surface area (Å²) >= 11 is 0. The van der Waals surface area contributed by atoms with Gasteiger partial charge in [-0.15, -0.1) is 0 Å². The molecule has 7 atom stereocenters. The number of hydrogen-bond donors (Lipinski definition) is 9. The molecule has 10 N–H and O–H groups in total. The molecule has 0 aromatic carbocycles. The lowest BCUT2D eigenvalue weighted by molar-refractivity contribution is -0.136. The van der Waals surface area contributed by atoms with Crippen molar-refractivity contribution in [2.75, 3.05) is 32.1 Å². The number of amides is 1. The largest absolute Gasteiger partial charge is 0.481 e. The molecule has 3 heterocycles. The molecule has 2 aromatic rings. The first-order chi connectivity index (χ1) is 20.3. The maximum Gasteiger partial charge on any atom is 0.481 e. The van der Waals surface area contributed by atoms with E-state index in [9.17, 15) is 48.3 Å². The van der Waals surface area contributed by atoms with Gasteiger partial charge in [0.05, 0.1) is 19.5 Å². The normalized spacial score (nSPS) is 24.6. The van der Waals surface area contributed by atoms with Gasteiger partial charge in [-0.2, -0.15) is 4.31 Å². The number of aliphatic hydroxyl groups is 3. The van der Waals surface area contributed by atoms with Crippen LogP contribution in [-0.4, -0.2) is 111 Å². The molecule has 0 aliphatic carbocycles. The van der Waals surface area contributed by atoms with Crippen LogP contribution in [-0.2, 0) is 41.1 Å². The number of nitrogens with two attached hydrogens (primary N) is 1. The molecule has 0 radical (unpaired) electrons. The van der Waals surface area contributed by atoms with Crippen LogP contribution in [0.2, 0.25) is 0 Å². The Kier molecular flexibility index (Phi) is 11.8. The van der Waals surface area contributed by atoms with Gasteiger partial charge in [0.2, 0.25) is 5.91 Å². The Bertz CT molecular complexity index is 1450. The van der Waals surface area contributed by atoms with Crippen molar-refractivity contribution in [3.8, 4) is 0 Å². The molecule has 2 aromatic heterocycles. The second-order valence-electron chi connectivity index (χ2n) is 10.0. The van der Waals surface area contributed by atoms with E-state index in [4.69, 9.17) is 20.1 Å². The van der Waals surface area contributed by atoms with Gasteiger partial charge in [0.1, 0.15) is 36.3 Å². The van der Waals surface area contributed by atoms with E-state index in [0.29, 0.717) is 0 Å². The molecule has 22 nitrogen and oxygen atoms in total. The van der Waals surface area contributed by atoms with Crippen LogP contribution in [0.4, 0.5) is 5.82 Å². The van der Waals surface area contributed by atoms with E-state index in [0.717, 1.165) is 17.2 Å². The number of aliphatic hydroxyl groups excluding tert-OH is 3. The van der Waals surface area contributed by atoms with Crippen LogP contribution in [0.15, 0.2) is 12.7 Å². The van der Waals surface area contributed by atoms with Crippen molar-refractivity contribution in [2.45, 2.75) is 50.9 Å². The number of nitrogens with one attached hydrogen (secondary N) is 1. The standard InChI is InChI=1S/C19H33N6O16P3/c1-19(2,14(28)17(29)21-4-3-5-26)7-38-44(35,36)41-43(33,34)37-6-10-13(40-42(30,31)32)12(27)18(39-10)25-9-24-11-15(20)22-8-23-16(11)25/h8-10,12-14,18,26-28H,3-7H2,1-2H3,(H,21,29)(H,33,34)(H,35,36)(H2,20,22,23)(H2,30,31,32)/t10-,12-,13-,14+,18-/m1/s1. The van der Waals surface area contributed by atoms with Gasteiger partial charge < -0.3 is 50.7 Å². The Morgan fingerprint density at radius 1 is 1.16 bits per heavy atom. The number of rotatable bonds is 16. The zero-order valence-electron chi connectivity index (χ0n) is 23.1. The van der Waals surface area contributed by atoms with Crippen molar-refractivity contribution >= 4 is 46.4 Å². The Hall–Kier alpha value is -1.97. The van der Waals surface area contributed by atoms with Crippen molar-refractivity contribution in [3.63, 3.8) is 0 Å². The van der Waals surface area contributed by atoms with Gasteiger partial charge in [0, 0.05) is 18.6 Å². The number of nitrogens with zero attached hydrogens (tertiary/aromatic N) is 4.